The van der Waals surface area contributed by atoms with E-state index in [-0.39, 0.29) is 22.1 Å². The van der Waals surface area contributed by atoms with Crippen molar-refractivity contribution in [3.63, 3.8) is 0 Å². The molecule has 1 atom stereocenters. The number of thioether (sulfide) groups is 1. The Hall–Kier alpha value is -1.66. The van der Waals surface area contributed by atoms with E-state index < -0.39 is 15.1 Å². The lowest BCUT2D eigenvalue weighted by atomic mass is 10.1. The van der Waals surface area contributed by atoms with Crippen LogP contribution < -0.4 is 0 Å². The lowest BCUT2D eigenvalue weighted by Gasteiger charge is -2.11. The third-order valence-electron chi connectivity index (χ3n) is 3.18. The first-order chi connectivity index (χ1) is 9.49. The molecule has 1 aliphatic rings. The maximum Gasteiger partial charge on any atom is 0.183 e. The van der Waals surface area contributed by atoms with Gasteiger partial charge in [-0.1, -0.05) is 18.2 Å². The molecule has 0 saturated heterocycles. The Morgan fingerprint density at radius 1 is 1.00 bits per heavy atom. The molecule has 6 heteroatoms. The van der Waals surface area contributed by atoms with Crippen molar-refractivity contribution in [2.45, 2.75) is 15.0 Å². The molecule has 3 rings (SSSR count). The summed E-state index contributed by atoms with van der Waals surface area (Å²) in [6.07, 6.45) is 0. The quantitative estimate of drug-likeness (QED) is 0.834. The summed E-state index contributed by atoms with van der Waals surface area (Å²) in [4.78, 5) is 0.786. The van der Waals surface area contributed by atoms with Gasteiger partial charge in [0.2, 0.25) is 0 Å². The zero-order valence-electron chi connectivity index (χ0n) is 10.4. The molecule has 2 aromatic rings. The van der Waals surface area contributed by atoms with Gasteiger partial charge in [0, 0.05) is 10.5 Å². The van der Waals surface area contributed by atoms with E-state index in [1.165, 1.54) is 23.9 Å². The van der Waals surface area contributed by atoms with Crippen LogP contribution in [0.3, 0.4) is 0 Å². The summed E-state index contributed by atoms with van der Waals surface area (Å²) in [5, 5.41) is 19.3. The fraction of sp³-hybridized carbons (Fsp3) is 0.143. The average Bonchev–Trinajstić information content (AvgIpc) is 2.67. The molecule has 1 unspecified atom stereocenters. The molecule has 0 aromatic heterocycles. The monoisotopic (exact) mass is 308 g/mol. The van der Waals surface area contributed by atoms with Crippen molar-refractivity contribution in [2.24, 2.45) is 0 Å². The summed E-state index contributed by atoms with van der Waals surface area (Å²) in [5.74, 6) is -0.506. The van der Waals surface area contributed by atoms with Crippen LogP contribution in [0.5, 0.6) is 11.5 Å². The zero-order valence-corrected chi connectivity index (χ0v) is 12.0. The average molecular weight is 308 g/mol. The van der Waals surface area contributed by atoms with E-state index in [0.717, 1.165) is 4.90 Å². The van der Waals surface area contributed by atoms with Crippen molar-refractivity contribution in [1.29, 1.82) is 0 Å². The summed E-state index contributed by atoms with van der Waals surface area (Å²) in [5.41, 5.74) is 0.304. The van der Waals surface area contributed by atoms with Gasteiger partial charge in [0.05, 0.1) is 11.0 Å². The Morgan fingerprint density at radius 3 is 2.35 bits per heavy atom. The highest BCUT2D eigenvalue weighted by Gasteiger charge is 2.40. The van der Waals surface area contributed by atoms with Crippen LogP contribution in [0.15, 0.2) is 52.3 Å². The Morgan fingerprint density at radius 2 is 1.65 bits per heavy atom. The van der Waals surface area contributed by atoms with Crippen LogP contribution in [0.1, 0.15) is 10.8 Å². The van der Waals surface area contributed by atoms with Gasteiger partial charge in [0.25, 0.3) is 0 Å². The van der Waals surface area contributed by atoms with E-state index in [1.54, 1.807) is 0 Å². The van der Waals surface area contributed by atoms with Crippen LogP contribution in [0.4, 0.5) is 0 Å². The highest BCUT2D eigenvalue weighted by atomic mass is 32.2. The third-order valence-corrected chi connectivity index (χ3v) is 6.44. The highest BCUT2D eigenvalue weighted by molar-refractivity contribution is 8.01. The second kappa shape index (κ2) is 4.71. The maximum atomic E-state index is 12.1. The fourth-order valence-electron chi connectivity index (χ4n) is 2.34. The molecule has 2 aromatic carbocycles. The molecule has 0 aliphatic carbocycles. The summed E-state index contributed by atoms with van der Waals surface area (Å²) < 4.78 is 24.3. The van der Waals surface area contributed by atoms with Gasteiger partial charge in [0.1, 0.15) is 16.4 Å². The zero-order chi connectivity index (χ0) is 14.3. The predicted molar refractivity (Wildman–Crippen MR) is 76.9 cm³/mol. The molecular weight excluding hydrogens is 296 g/mol. The minimum atomic E-state index is -3.56. The molecule has 0 saturated carbocycles. The Kier molecular flexibility index (Phi) is 3.14. The smallest absolute Gasteiger partial charge is 0.183 e. The first-order valence-electron chi connectivity index (χ1n) is 5.98. The van der Waals surface area contributed by atoms with E-state index in [2.05, 4.69) is 0 Å². The number of hydrogen-bond acceptors (Lipinski definition) is 5. The molecule has 0 spiro atoms. The predicted octanol–water partition coefficient (Wildman–Crippen LogP) is 2.72. The SMILES string of the molecule is O=S1(=O)CC(Sc2ccccc2)c2c(O)ccc(O)c21. The van der Waals surface area contributed by atoms with Gasteiger partial charge >= 0.3 is 0 Å². The number of fused-ring (bicyclic) bond motifs is 1. The summed E-state index contributed by atoms with van der Waals surface area (Å²) in [6, 6.07) is 11.9. The number of phenolic OH excluding ortho intramolecular Hbond substituents is 2. The Bertz CT molecular complexity index is 754. The molecule has 0 amide bonds. The largest absolute Gasteiger partial charge is 0.508 e. The molecule has 0 bridgehead atoms. The van der Waals surface area contributed by atoms with Gasteiger partial charge in [0.15, 0.2) is 9.84 Å². The van der Waals surface area contributed by atoms with Crippen LogP contribution in [-0.2, 0) is 9.84 Å². The lowest BCUT2D eigenvalue weighted by molar-refractivity contribution is 0.442. The summed E-state index contributed by atoms with van der Waals surface area (Å²) >= 11 is 1.37. The van der Waals surface area contributed by atoms with E-state index in [4.69, 9.17) is 0 Å². The highest BCUT2D eigenvalue weighted by Crippen LogP contribution is 2.51. The molecule has 0 radical (unpaired) electrons. The number of phenols is 2. The first kappa shape index (κ1) is 13.3. The molecule has 1 heterocycles. The second-order valence-electron chi connectivity index (χ2n) is 4.55. The molecule has 20 heavy (non-hydrogen) atoms. The number of rotatable bonds is 2. The van der Waals surface area contributed by atoms with Crippen molar-refractivity contribution in [1.82, 2.24) is 0 Å². The topological polar surface area (TPSA) is 74.6 Å². The van der Waals surface area contributed by atoms with Crippen molar-refractivity contribution in [3.05, 3.63) is 48.0 Å². The normalized spacial score (nSPS) is 19.7. The van der Waals surface area contributed by atoms with E-state index in [9.17, 15) is 18.6 Å². The Labute approximate surface area is 121 Å². The number of hydrogen-bond donors (Lipinski definition) is 2. The van der Waals surface area contributed by atoms with Gasteiger partial charge in [-0.05, 0) is 24.3 Å². The molecule has 4 nitrogen and oxygen atoms in total. The van der Waals surface area contributed by atoms with Gasteiger partial charge in [-0.3, -0.25) is 0 Å². The van der Waals surface area contributed by atoms with E-state index in [0.29, 0.717) is 5.56 Å². The fourth-order valence-corrected chi connectivity index (χ4v) is 5.92. The van der Waals surface area contributed by atoms with Crippen LogP contribution in [0, 0.1) is 0 Å². The molecule has 2 N–H and O–H groups in total. The van der Waals surface area contributed by atoms with Gasteiger partial charge in [-0.15, -0.1) is 11.8 Å². The van der Waals surface area contributed by atoms with Crippen molar-refractivity contribution in [2.75, 3.05) is 5.75 Å². The number of aromatic hydroxyl groups is 2. The first-order valence-corrected chi connectivity index (χ1v) is 8.51. The minimum absolute atomic E-state index is 0.0905. The second-order valence-corrected chi connectivity index (χ2v) is 7.79. The van der Waals surface area contributed by atoms with E-state index in [1.807, 2.05) is 30.3 Å². The van der Waals surface area contributed by atoms with Crippen LogP contribution >= 0.6 is 11.8 Å². The van der Waals surface area contributed by atoms with Crippen molar-refractivity contribution >= 4 is 21.6 Å². The van der Waals surface area contributed by atoms with Gasteiger partial charge < -0.3 is 10.2 Å². The van der Waals surface area contributed by atoms with Crippen molar-refractivity contribution < 1.29 is 18.6 Å². The molecule has 104 valence electrons. The molecular formula is C14H12O4S2. The van der Waals surface area contributed by atoms with Crippen LogP contribution in [-0.4, -0.2) is 24.4 Å². The number of benzene rings is 2. The molecule has 0 fully saturated rings. The Balaban J connectivity index is 2.09. The lowest BCUT2D eigenvalue weighted by Crippen LogP contribution is -2.01. The van der Waals surface area contributed by atoms with E-state index >= 15 is 0 Å². The van der Waals surface area contributed by atoms with Crippen LogP contribution in [0.25, 0.3) is 0 Å². The molecule has 1 aliphatic heterocycles. The maximum absolute atomic E-state index is 12.1. The van der Waals surface area contributed by atoms with Crippen molar-refractivity contribution in [3.8, 4) is 11.5 Å². The van der Waals surface area contributed by atoms with Crippen LogP contribution in [0.2, 0.25) is 0 Å². The van der Waals surface area contributed by atoms with Gasteiger partial charge in [-0.2, -0.15) is 0 Å². The minimum Gasteiger partial charge on any atom is -0.508 e. The number of sulfone groups is 1. The standard InChI is InChI=1S/C14H12O4S2/c15-10-6-7-11(16)14-13(10)12(8-20(14,17)18)19-9-4-2-1-3-5-9/h1-7,12,15-16H,8H2. The summed E-state index contributed by atoms with van der Waals surface area (Å²) in [6.45, 7) is 0. The summed E-state index contributed by atoms with van der Waals surface area (Å²) in [7, 11) is -3.56. The third kappa shape index (κ3) is 2.14. The van der Waals surface area contributed by atoms with Gasteiger partial charge in [-0.25, -0.2) is 8.42 Å².